The lowest BCUT2D eigenvalue weighted by atomic mass is 10.0. The van der Waals surface area contributed by atoms with E-state index >= 15 is 0 Å². The van der Waals surface area contributed by atoms with Crippen LogP contribution in [-0.4, -0.2) is 70.1 Å². The average Bonchev–Trinajstić information content (AvgIpc) is 3.13. The number of esters is 3. The van der Waals surface area contributed by atoms with Gasteiger partial charge in [-0.25, -0.2) is 14.4 Å². The molecular formula is C38H40O8S2. The molecule has 252 valence electrons. The van der Waals surface area contributed by atoms with Crippen LogP contribution >= 0.6 is 23.5 Å². The molecule has 0 saturated heterocycles. The number of rotatable bonds is 18. The maximum absolute atomic E-state index is 13.7. The highest BCUT2D eigenvalue weighted by Crippen LogP contribution is 2.32. The van der Waals surface area contributed by atoms with Gasteiger partial charge in [-0.3, -0.25) is 0 Å². The summed E-state index contributed by atoms with van der Waals surface area (Å²) < 4.78 is 23.8. The Labute approximate surface area is 290 Å². The van der Waals surface area contributed by atoms with E-state index < -0.39 is 46.9 Å². The van der Waals surface area contributed by atoms with E-state index in [4.69, 9.17) is 18.9 Å². The van der Waals surface area contributed by atoms with E-state index in [1.165, 1.54) is 23.5 Å². The summed E-state index contributed by atoms with van der Waals surface area (Å²) in [4.78, 5) is 40.8. The largest absolute Gasteiger partial charge is 0.452 e. The number of thioether (sulfide) groups is 2. The topological polar surface area (TPSA) is 108 Å². The Morgan fingerprint density at radius 2 is 0.979 bits per heavy atom. The molecule has 0 spiro atoms. The summed E-state index contributed by atoms with van der Waals surface area (Å²) in [6.07, 6.45) is -5.56. The van der Waals surface area contributed by atoms with E-state index in [1.54, 1.807) is 91.0 Å². The van der Waals surface area contributed by atoms with Crippen molar-refractivity contribution in [3.63, 3.8) is 0 Å². The minimum Gasteiger partial charge on any atom is -0.452 e. The molecule has 0 amide bonds. The minimum atomic E-state index is -1.47. The Morgan fingerprint density at radius 3 is 1.42 bits per heavy atom. The van der Waals surface area contributed by atoms with Gasteiger partial charge in [-0.2, -0.15) is 0 Å². The molecule has 0 saturated carbocycles. The van der Waals surface area contributed by atoms with Crippen LogP contribution in [0, 0.1) is 0 Å². The predicted molar refractivity (Wildman–Crippen MR) is 189 cm³/mol. The van der Waals surface area contributed by atoms with Gasteiger partial charge in [0.2, 0.25) is 0 Å². The molecule has 4 rings (SSSR count). The van der Waals surface area contributed by atoms with Crippen molar-refractivity contribution < 1.29 is 38.4 Å². The number of aliphatic hydroxyl groups is 1. The van der Waals surface area contributed by atoms with Crippen molar-refractivity contribution in [3.8, 4) is 0 Å². The zero-order chi connectivity index (χ0) is 34.1. The first-order chi connectivity index (χ1) is 23.4. The standard InChI is InChI=1S/C38H40O8S2/c1-3-47-38(48-4-2)32(39)34(46-37(42)30-23-15-8-16-24-30)33(45-36(41)29-21-13-7-14-22-29)31(26-43-25-27-17-9-5-10-18-27)44-35(40)28-19-11-6-12-20-28/h5-24,31-34,38-39H,3-4,25-26H2,1-2H3/t31-,32-,33+,34+/m1/s1. The quantitative estimate of drug-likeness (QED) is 0.0662. The van der Waals surface area contributed by atoms with Gasteiger partial charge in [-0.15, -0.1) is 23.5 Å². The third kappa shape index (κ3) is 11.0. The third-order valence-corrected chi connectivity index (χ3v) is 9.83. The number of hydrogen-bond donors (Lipinski definition) is 1. The molecule has 48 heavy (non-hydrogen) atoms. The highest BCUT2D eigenvalue weighted by Gasteiger charge is 2.45. The second-order valence-corrected chi connectivity index (χ2v) is 13.7. The zero-order valence-corrected chi connectivity index (χ0v) is 28.5. The number of carbonyl (C=O) groups is 3. The summed E-state index contributed by atoms with van der Waals surface area (Å²) >= 11 is 2.95. The summed E-state index contributed by atoms with van der Waals surface area (Å²) in [5, 5.41) is 12.0. The maximum atomic E-state index is 13.7. The van der Waals surface area contributed by atoms with Crippen LogP contribution in [0.25, 0.3) is 0 Å². The van der Waals surface area contributed by atoms with Gasteiger partial charge in [0.15, 0.2) is 18.3 Å². The molecule has 0 aliphatic rings. The predicted octanol–water partition coefficient (Wildman–Crippen LogP) is 7.07. The van der Waals surface area contributed by atoms with Crippen LogP contribution < -0.4 is 0 Å². The molecule has 4 aromatic carbocycles. The van der Waals surface area contributed by atoms with Crippen molar-refractivity contribution in [3.05, 3.63) is 144 Å². The Morgan fingerprint density at radius 1 is 0.583 bits per heavy atom. The Bertz CT molecular complexity index is 1530. The molecule has 4 atom stereocenters. The Hall–Kier alpha value is -4.09. The van der Waals surface area contributed by atoms with Crippen LogP contribution in [0.2, 0.25) is 0 Å². The summed E-state index contributed by atoms with van der Waals surface area (Å²) in [6, 6.07) is 34.4. The molecule has 0 aliphatic heterocycles. The molecule has 10 heteroatoms. The van der Waals surface area contributed by atoms with Crippen LogP contribution in [0.4, 0.5) is 0 Å². The molecule has 0 heterocycles. The van der Waals surface area contributed by atoms with E-state index in [0.717, 1.165) is 5.56 Å². The molecule has 0 unspecified atom stereocenters. The normalized spacial score (nSPS) is 13.6. The van der Waals surface area contributed by atoms with Gasteiger partial charge >= 0.3 is 17.9 Å². The van der Waals surface area contributed by atoms with Crippen molar-refractivity contribution in [1.29, 1.82) is 0 Å². The number of hydrogen-bond acceptors (Lipinski definition) is 10. The van der Waals surface area contributed by atoms with Crippen molar-refractivity contribution in [2.24, 2.45) is 0 Å². The highest BCUT2D eigenvalue weighted by molar-refractivity contribution is 8.17. The second kappa shape index (κ2) is 19.7. The molecule has 0 radical (unpaired) electrons. The lowest BCUT2D eigenvalue weighted by molar-refractivity contribution is -0.132. The van der Waals surface area contributed by atoms with E-state index in [0.29, 0.717) is 11.5 Å². The van der Waals surface area contributed by atoms with E-state index in [9.17, 15) is 19.5 Å². The fraction of sp³-hybridized carbons (Fsp3) is 0.289. The van der Waals surface area contributed by atoms with Crippen LogP contribution in [0.15, 0.2) is 121 Å². The second-order valence-electron chi connectivity index (χ2n) is 10.6. The molecule has 8 nitrogen and oxygen atoms in total. The van der Waals surface area contributed by atoms with Gasteiger partial charge in [0.1, 0.15) is 6.10 Å². The average molecular weight is 689 g/mol. The van der Waals surface area contributed by atoms with Gasteiger partial charge in [0.25, 0.3) is 0 Å². The molecular weight excluding hydrogens is 649 g/mol. The Kier molecular flexibility index (Phi) is 15.1. The number of aliphatic hydroxyl groups excluding tert-OH is 1. The lowest BCUT2D eigenvalue weighted by Gasteiger charge is -2.37. The molecule has 0 bridgehead atoms. The first-order valence-corrected chi connectivity index (χ1v) is 17.8. The maximum Gasteiger partial charge on any atom is 0.338 e. The van der Waals surface area contributed by atoms with Crippen LogP contribution in [0.5, 0.6) is 0 Å². The van der Waals surface area contributed by atoms with Crippen LogP contribution in [0.3, 0.4) is 0 Å². The summed E-state index contributed by atoms with van der Waals surface area (Å²) in [6.45, 7) is 3.84. The van der Waals surface area contributed by atoms with Gasteiger partial charge in [0.05, 0.1) is 34.5 Å². The van der Waals surface area contributed by atoms with Crippen molar-refractivity contribution in [1.82, 2.24) is 0 Å². The van der Waals surface area contributed by atoms with Crippen molar-refractivity contribution >= 4 is 41.4 Å². The van der Waals surface area contributed by atoms with Gasteiger partial charge in [-0.1, -0.05) is 98.8 Å². The zero-order valence-electron chi connectivity index (χ0n) is 26.9. The van der Waals surface area contributed by atoms with Crippen LogP contribution in [0.1, 0.15) is 50.5 Å². The SMILES string of the molecule is CCSC(SCC)[C@H](O)[C@H](OC(=O)c1ccccc1)[C@@H](OC(=O)c1ccccc1)[C@@H](COCc1ccccc1)OC(=O)c1ccccc1. The number of benzene rings is 4. The van der Waals surface area contributed by atoms with Gasteiger partial charge < -0.3 is 24.1 Å². The van der Waals surface area contributed by atoms with Gasteiger partial charge in [0, 0.05) is 0 Å². The number of ether oxygens (including phenoxy) is 4. The lowest BCUT2D eigenvalue weighted by Crippen LogP contribution is -2.54. The first kappa shape index (κ1) is 36.7. The molecule has 0 aromatic heterocycles. The fourth-order valence-corrected chi connectivity index (χ4v) is 7.35. The summed E-state index contributed by atoms with van der Waals surface area (Å²) in [7, 11) is 0. The highest BCUT2D eigenvalue weighted by atomic mass is 32.2. The van der Waals surface area contributed by atoms with Crippen molar-refractivity contribution in [2.75, 3.05) is 18.1 Å². The fourth-order valence-electron chi connectivity index (χ4n) is 4.79. The van der Waals surface area contributed by atoms with Gasteiger partial charge in [-0.05, 0) is 53.5 Å². The Balaban J connectivity index is 1.78. The summed E-state index contributed by atoms with van der Waals surface area (Å²) in [5.41, 5.74) is 1.60. The van der Waals surface area contributed by atoms with E-state index in [-0.39, 0.29) is 29.9 Å². The number of carbonyl (C=O) groups excluding carboxylic acids is 3. The summed E-state index contributed by atoms with van der Waals surface area (Å²) in [5.74, 6) is -0.861. The third-order valence-electron chi connectivity index (χ3n) is 7.13. The minimum absolute atomic E-state index is 0.163. The molecule has 4 aromatic rings. The van der Waals surface area contributed by atoms with Crippen LogP contribution in [-0.2, 0) is 25.6 Å². The van der Waals surface area contributed by atoms with E-state index in [1.807, 2.05) is 44.2 Å². The molecule has 1 N–H and O–H groups in total. The van der Waals surface area contributed by atoms with Crippen molar-refractivity contribution in [2.45, 2.75) is 49.5 Å². The first-order valence-electron chi connectivity index (χ1n) is 15.7. The molecule has 0 aliphatic carbocycles. The smallest absolute Gasteiger partial charge is 0.338 e. The van der Waals surface area contributed by atoms with E-state index in [2.05, 4.69) is 0 Å². The molecule has 0 fully saturated rings. The monoisotopic (exact) mass is 688 g/mol.